The van der Waals surface area contributed by atoms with Gasteiger partial charge in [-0.05, 0) is 25.5 Å². The predicted octanol–water partition coefficient (Wildman–Crippen LogP) is 1.35. The zero-order valence-electron chi connectivity index (χ0n) is 11.6. The van der Waals surface area contributed by atoms with Gasteiger partial charge in [-0.3, -0.25) is 9.59 Å². The van der Waals surface area contributed by atoms with Gasteiger partial charge >= 0.3 is 5.97 Å². The van der Waals surface area contributed by atoms with Gasteiger partial charge in [0.1, 0.15) is 0 Å². The first kappa shape index (κ1) is 15.9. The molecule has 5 nitrogen and oxygen atoms in total. The average Bonchev–Trinajstić information content (AvgIpc) is 2.32. The summed E-state index contributed by atoms with van der Waals surface area (Å²) in [5, 5.41) is 20.8. The van der Waals surface area contributed by atoms with Gasteiger partial charge in [0.25, 0.3) is 0 Å². The Hall–Kier alpha value is -2.14. The van der Waals surface area contributed by atoms with Crippen LogP contribution in [0, 0.1) is 6.92 Å². The fourth-order valence-electron chi connectivity index (χ4n) is 1.67. The van der Waals surface area contributed by atoms with E-state index in [0.717, 1.165) is 11.1 Å². The molecule has 0 aromatic heterocycles. The van der Waals surface area contributed by atoms with Crippen LogP contribution < -0.4 is 5.32 Å². The largest absolute Gasteiger partial charge is 0.481 e. The van der Waals surface area contributed by atoms with Gasteiger partial charge in [-0.2, -0.15) is 0 Å². The Kier molecular flexibility index (Phi) is 5.46. The number of carboxylic acid groups (broad SMARTS) is 1. The Bertz CT molecular complexity index is 520. The summed E-state index contributed by atoms with van der Waals surface area (Å²) < 4.78 is 0. The molecular formula is C15H19NO4. The molecule has 1 amide bonds. The first-order valence-electron chi connectivity index (χ1n) is 6.25. The number of amides is 1. The molecule has 20 heavy (non-hydrogen) atoms. The summed E-state index contributed by atoms with van der Waals surface area (Å²) in [6, 6.07) is 7.66. The van der Waals surface area contributed by atoms with E-state index in [0.29, 0.717) is 0 Å². The third-order valence-electron chi connectivity index (χ3n) is 2.64. The number of hydrogen-bond acceptors (Lipinski definition) is 3. The van der Waals surface area contributed by atoms with Gasteiger partial charge in [-0.15, -0.1) is 0 Å². The van der Waals surface area contributed by atoms with Crippen molar-refractivity contribution >= 4 is 18.0 Å². The van der Waals surface area contributed by atoms with Gasteiger partial charge in [0, 0.05) is 12.6 Å². The molecule has 0 bridgehead atoms. The van der Waals surface area contributed by atoms with Crippen LogP contribution in [0.5, 0.6) is 0 Å². The van der Waals surface area contributed by atoms with Crippen LogP contribution in [0.2, 0.25) is 0 Å². The maximum atomic E-state index is 11.6. The second-order valence-corrected chi connectivity index (χ2v) is 5.03. The number of aryl methyl sites for hydroxylation is 1. The fraction of sp³-hybridized carbons (Fsp3) is 0.333. The first-order valence-corrected chi connectivity index (χ1v) is 6.25. The molecule has 1 aromatic rings. The Morgan fingerprint density at radius 1 is 1.40 bits per heavy atom. The highest BCUT2D eigenvalue weighted by Gasteiger charge is 2.24. The number of rotatable bonds is 6. The lowest BCUT2D eigenvalue weighted by atomic mass is 10.0. The normalized spacial score (nSPS) is 13.9. The van der Waals surface area contributed by atoms with Crippen molar-refractivity contribution in [3.05, 3.63) is 41.5 Å². The summed E-state index contributed by atoms with van der Waals surface area (Å²) in [4.78, 5) is 22.1. The van der Waals surface area contributed by atoms with E-state index in [-0.39, 0.29) is 12.5 Å². The molecule has 0 radical (unpaired) electrons. The van der Waals surface area contributed by atoms with E-state index in [4.69, 9.17) is 5.11 Å². The van der Waals surface area contributed by atoms with Crippen molar-refractivity contribution in [1.82, 2.24) is 5.32 Å². The predicted molar refractivity (Wildman–Crippen MR) is 76.1 cm³/mol. The summed E-state index contributed by atoms with van der Waals surface area (Å²) in [6.45, 7) is 3.21. The molecule has 0 aliphatic carbocycles. The van der Waals surface area contributed by atoms with Gasteiger partial charge in [-0.1, -0.05) is 29.8 Å². The lowest BCUT2D eigenvalue weighted by Crippen LogP contribution is -2.41. The molecule has 0 heterocycles. The highest BCUT2D eigenvalue weighted by molar-refractivity contribution is 5.91. The second kappa shape index (κ2) is 6.86. The third-order valence-corrected chi connectivity index (χ3v) is 2.64. The zero-order valence-corrected chi connectivity index (χ0v) is 11.6. The van der Waals surface area contributed by atoms with Gasteiger partial charge in [0.05, 0.1) is 12.0 Å². The van der Waals surface area contributed by atoms with E-state index in [1.165, 1.54) is 13.0 Å². The van der Waals surface area contributed by atoms with E-state index >= 15 is 0 Å². The maximum absolute atomic E-state index is 11.6. The molecule has 3 N–H and O–H groups in total. The number of nitrogens with one attached hydrogen (secondary N) is 1. The molecule has 0 saturated carbocycles. The minimum absolute atomic E-state index is 0.115. The average molecular weight is 277 g/mol. The summed E-state index contributed by atoms with van der Waals surface area (Å²) in [7, 11) is 0. The molecule has 0 aliphatic heterocycles. The fourth-order valence-corrected chi connectivity index (χ4v) is 1.67. The van der Waals surface area contributed by atoms with Crippen LogP contribution in [0.1, 0.15) is 24.5 Å². The summed E-state index contributed by atoms with van der Waals surface area (Å²) >= 11 is 0. The molecule has 5 heteroatoms. The van der Waals surface area contributed by atoms with E-state index in [1.807, 2.05) is 31.2 Å². The van der Waals surface area contributed by atoms with E-state index in [9.17, 15) is 14.7 Å². The highest BCUT2D eigenvalue weighted by Crippen LogP contribution is 2.08. The summed E-state index contributed by atoms with van der Waals surface area (Å²) in [6.07, 6.45) is 2.59. The van der Waals surface area contributed by atoms with Crippen molar-refractivity contribution < 1.29 is 19.8 Å². The minimum Gasteiger partial charge on any atom is -0.481 e. The van der Waals surface area contributed by atoms with Crippen LogP contribution in [0.4, 0.5) is 0 Å². The molecule has 1 atom stereocenters. The molecule has 1 rings (SSSR count). The number of carbonyl (C=O) groups excluding carboxylic acids is 1. The van der Waals surface area contributed by atoms with E-state index < -0.39 is 18.0 Å². The number of aliphatic carboxylic acids is 1. The van der Waals surface area contributed by atoms with Crippen LogP contribution >= 0.6 is 0 Å². The monoisotopic (exact) mass is 277 g/mol. The number of carbonyl (C=O) groups is 2. The van der Waals surface area contributed by atoms with Crippen molar-refractivity contribution in [3.63, 3.8) is 0 Å². The van der Waals surface area contributed by atoms with E-state index in [2.05, 4.69) is 5.32 Å². The molecule has 0 spiro atoms. The van der Waals surface area contributed by atoms with Crippen LogP contribution in [-0.2, 0) is 9.59 Å². The van der Waals surface area contributed by atoms with Gasteiger partial charge < -0.3 is 15.5 Å². The molecule has 0 aliphatic rings. The molecular weight excluding hydrogens is 258 g/mol. The van der Waals surface area contributed by atoms with Crippen LogP contribution in [0.15, 0.2) is 30.3 Å². The van der Waals surface area contributed by atoms with Crippen LogP contribution in [-0.4, -0.2) is 34.2 Å². The van der Waals surface area contributed by atoms with Crippen molar-refractivity contribution in [2.24, 2.45) is 0 Å². The first-order chi connectivity index (χ1) is 9.28. The van der Waals surface area contributed by atoms with Crippen molar-refractivity contribution in [2.45, 2.75) is 25.9 Å². The Morgan fingerprint density at radius 3 is 2.70 bits per heavy atom. The summed E-state index contributed by atoms with van der Waals surface area (Å²) in [5.74, 6) is -1.49. The van der Waals surface area contributed by atoms with Crippen molar-refractivity contribution in [1.29, 1.82) is 0 Å². The zero-order chi connectivity index (χ0) is 15.2. The third kappa shape index (κ3) is 6.15. The Morgan fingerprint density at radius 2 is 2.10 bits per heavy atom. The molecule has 0 saturated heterocycles. The van der Waals surface area contributed by atoms with Crippen molar-refractivity contribution in [3.8, 4) is 0 Å². The highest BCUT2D eigenvalue weighted by atomic mass is 16.4. The quantitative estimate of drug-likeness (QED) is 0.685. The van der Waals surface area contributed by atoms with Crippen LogP contribution in [0.25, 0.3) is 6.08 Å². The number of carboxylic acids is 1. The van der Waals surface area contributed by atoms with E-state index in [1.54, 1.807) is 6.08 Å². The molecule has 108 valence electrons. The maximum Gasteiger partial charge on any atom is 0.306 e. The Labute approximate surface area is 117 Å². The lowest BCUT2D eigenvalue weighted by Gasteiger charge is -2.20. The van der Waals surface area contributed by atoms with Gasteiger partial charge in [0.15, 0.2) is 0 Å². The molecule has 0 fully saturated rings. The smallest absolute Gasteiger partial charge is 0.306 e. The Balaban J connectivity index is 2.50. The number of hydrogen-bond donors (Lipinski definition) is 3. The minimum atomic E-state index is -1.46. The standard InChI is InChI=1S/C15H19NO4/c1-11-4-3-5-12(8-11)6-7-13(17)16-10-15(2,20)9-14(18)19/h3-8,20H,9-10H2,1-2H3,(H,16,17)(H,18,19). The van der Waals surface area contributed by atoms with Gasteiger partial charge in [-0.25, -0.2) is 0 Å². The molecule has 1 unspecified atom stereocenters. The SMILES string of the molecule is Cc1cccc(C=CC(=O)NCC(C)(O)CC(=O)O)c1. The topological polar surface area (TPSA) is 86.6 Å². The van der Waals surface area contributed by atoms with Crippen LogP contribution in [0.3, 0.4) is 0 Å². The number of benzene rings is 1. The van der Waals surface area contributed by atoms with Crippen molar-refractivity contribution in [2.75, 3.05) is 6.54 Å². The summed E-state index contributed by atoms with van der Waals surface area (Å²) in [5.41, 5.74) is 0.535. The number of aliphatic hydroxyl groups is 1. The second-order valence-electron chi connectivity index (χ2n) is 5.03. The van der Waals surface area contributed by atoms with Gasteiger partial charge in [0.2, 0.25) is 5.91 Å². The lowest BCUT2D eigenvalue weighted by molar-refractivity contribution is -0.142. The molecule has 1 aromatic carbocycles.